The number of hydrogen-bond donors (Lipinski definition) is 3. The van der Waals surface area contributed by atoms with Crippen molar-refractivity contribution in [2.75, 3.05) is 12.8 Å². The number of halogens is 6. The van der Waals surface area contributed by atoms with Crippen LogP contribution in [-0.4, -0.2) is 76.9 Å². The van der Waals surface area contributed by atoms with Crippen molar-refractivity contribution in [3.05, 3.63) is 34.5 Å². The molecular weight excluding hydrogens is 613 g/mol. The zero-order chi connectivity index (χ0) is 31.8. The molecule has 0 saturated heterocycles. The molecule has 0 unspecified atom stereocenters. The highest BCUT2D eigenvalue weighted by Crippen LogP contribution is 2.43. The number of nitrogens with zero attached hydrogens (tertiary/aromatic N) is 2. The van der Waals surface area contributed by atoms with Gasteiger partial charge in [0.25, 0.3) is 5.91 Å². The van der Waals surface area contributed by atoms with Crippen LogP contribution in [0.5, 0.6) is 5.75 Å². The lowest BCUT2D eigenvalue weighted by molar-refractivity contribution is -0.211. The van der Waals surface area contributed by atoms with Crippen LogP contribution in [0.1, 0.15) is 56.1 Å². The Labute approximate surface area is 244 Å². The van der Waals surface area contributed by atoms with Crippen molar-refractivity contribution in [2.45, 2.75) is 82.7 Å². The van der Waals surface area contributed by atoms with E-state index in [0.717, 1.165) is 26.2 Å². The molecule has 2 aromatic rings. The minimum Gasteiger partial charge on any atom is -0.434 e. The maximum absolute atomic E-state index is 13.4. The van der Waals surface area contributed by atoms with E-state index in [1.54, 1.807) is 6.92 Å². The molecule has 0 radical (unpaired) electrons. The van der Waals surface area contributed by atoms with Gasteiger partial charge in [0.2, 0.25) is 0 Å². The van der Waals surface area contributed by atoms with Gasteiger partial charge >= 0.3 is 12.8 Å². The number of alkyl halides is 5. The van der Waals surface area contributed by atoms with Crippen molar-refractivity contribution in [1.82, 2.24) is 15.1 Å². The van der Waals surface area contributed by atoms with Crippen LogP contribution < -0.4 is 10.1 Å². The molecule has 42 heavy (non-hydrogen) atoms. The predicted molar refractivity (Wildman–Crippen MR) is 144 cm³/mol. The van der Waals surface area contributed by atoms with Crippen LogP contribution in [0.2, 0.25) is 5.02 Å². The van der Waals surface area contributed by atoms with E-state index >= 15 is 0 Å². The molecule has 1 aromatic carbocycles. The van der Waals surface area contributed by atoms with Crippen LogP contribution in [-0.2, 0) is 22.8 Å². The molecule has 1 aromatic heterocycles. The number of nitrogens with one attached hydrogen (secondary N) is 1. The van der Waals surface area contributed by atoms with Gasteiger partial charge in [-0.2, -0.15) is 27.1 Å². The molecular formula is C26H33ClF5N3O6S. The van der Waals surface area contributed by atoms with E-state index in [1.807, 2.05) is 0 Å². The summed E-state index contributed by atoms with van der Waals surface area (Å²) in [6.45, 7) is -0.0854. The molecule has 0 bridgehead atoms. The van der Waals surface area contributed by atoms with E-state index in [0.29, 0.717) is 0 Å². The highest BCUT2D eigenvalue weighted by Gasteiger charge is 2.47. The number of aryl methyl sites for hydroxylation is 1. The quantitative estimate of drug-likeness (QED) is 0.327. The molecule has 9 nitrogen and oxygen atoms in total. The summed E-state index contributed by atoms with van der Waals surface area (Å²) < 4.78 is 96.4. The summed E-state index contributed by atoms with van der Waals surface area (Å²) in [5, 5.41) is 26.8. The van der Waals surface area contributed by atoms with Gasteiger partial charge in [0.1, 0.15) is 21.2 Å². The minimum atomic E-state index is -4.56. The van der Waals surface area contributed by atoms with Crippen molar-refractivity contribution < 1.29 is 50.1 Å². The summed E-state index contributed by atoms with van der Waals surface area (Å²) in [7, 11) is -3.45. The third-order valence-electron chi connectivity index (χ3n) is 7.51. The number of hydrogen-bond acceptors (Lipinski definition) is 7. The highest BCUT2D eigenvalue weighted by atomic mass is 35.5. The van der Waals surface area contributed by atoms with Gasteiger partial charge in [0.05, 0.1) is 27.5 Å². The second-order valence-corrected chi connectivity index (χ2v) is 13.8. The summed E-state index contributed by atoms with van der Waals surface area (Å²) in [5.74, 6) is -1.34. The first kappa shape index (κ1) is 34.0. The number of amides is 1. The van der Waals surface area contributed by atoms with E-state index in [2.05, 4.69) is 15.2 Å². The fourth-order valence-electron chi connectivity index (χ4n) is 4.82. The molecule has 1 heterocycles. The second kappa shape index (κ2) is 12.2. The number of sulfone groups is 1. The molecule has 1 amide bonds. The number of aromatic nitrogens is 2. The molecule has 236 valence electrons. The summed E-state index contributed by atoms with van der Waals surface area (Å²) in [5.41, 5.74) is -4.30. The van der Waals surface area contributed by atoms with Crippen LogP contribution in [0.3, 0.4) is 0 Å². The third-order valence-corrected chi connectivity index (χ3v) is 9.50. The second-order valence-electron chi connectivity index (χ2n) is 11.1. The SMILES string of the molecule is CCn1nc(C(=O)NC[C@]2(O)CC[C@@H](S(C)(=O)=O)C[C@H]2O)c(Cl)c1-c1ccc(CC(C)(C)C(F)(F)F)cc1OC(F)F. The van der Waals surface area contributed by atoms with Gasteiger partial charge in [0, 0.05) is 24.9 Å². The van der Waals surface area contributed by atoms with Gasteiger partial charge in [0.15, 0.2) is 5.69 Å². The fraction of sp³-hybridized carbons (Fsp3) is 0.615. The standard InChI is InChI=1S/C26H33ClF5N3O6S/c1-5-35-21(16-7-6-14(10-17(16)41-23(28)29)12-24(2,3)26(30,31)32)19(27)20(34-35)22(37)33-13-25(38)9-8-15(11-18(25)36)42(4,39)40/h6-7,10,15,18,23,36,38H,5,8-9,11-13H2,1-4H3,(H,33,37)/t15-,18-,25-/m1/s1. The smallest absolute Gasteiger partial charge is 0.394 e. The van der Waals surface area contributed by atoms with Crippen LogP contribution >= 0.6 is 11.6 Å². The molecule has 1 saturated carbocycles. The molecule has 3 rings (SSSR count). The average molecular weight is 646 g/mol. The minimum absolute atomic E-state index is 0.00555. The van der Waals surface area contributed by atoms with Crippen molar-refractivity contribution >= 4 is 27.3 Å². The Hall–Kier alpha value is -2.49. The topological polar surface area (TPSA) is 131 Å². The lowest BCUT2D eigenvalue weighted by atomic mass is 9.82. The average Bonchev–Trinajstić information content (AvgIpc) is 3.18. The molecule has 0 spiro atoms. The molecule has 1 aliphatic carbocycles. The first-order valence-electron chi connectivity index (χ1n) is 13.0. The summed E-state index contributed by atoms with van der Waals surface area (Å²) in [6, 6.07) is 3.63. The third kappa shape index (κ3) is 7.34. The van der Waals surface area contributed by atoms with Gasteiger partial charge < -0.3 is 20.3 Å². The van der Waals surface area contributed by atoms with Crippen LogP contribution in [0.4, 0.5) is 22.0 Å². The molecule has 0 aliphatic heterocycles. The van der Waals surface area contributed by atoms with E-state index in [1.165, 1.54) is 16.8 Å². The van der Waals surface area contributed by atoms with Gasteiger partial charge in [-0.15, -0.1) is 0 Å². The Morgan fingerprint density at radius 3 is 2.48 bits per heavy atom. The fourth-order valence-corrected chi connectivity index (χ4v) is 6.22. The van der Waals surface area contributed by atoms with Crippen LogP contribution in [0.15, 0.2) is 18.2 Å². The number of benzene rings is 1. The lowest BCUT2D eigenvalue weighted by Crippen LogP contribution is -2.56. The zero-order valence-electron chi connectivity index (χ0n) is 23.3. The van der Waals surface area contributed by atoms with Gasteiger partial charge in [-0.25, -0.2) is 8.42 Å². The normalized spacial score (nSPS) is 21.9. The van der Waals surface area contributed by atoms with Gasteiger partial charge in [-0.1, -0.05) is 31.5 Å². The summed E-state index contributed by atoms with van der Waals surface area (Å²) >= 11 is 6.49. The Kier molecular flexibility index (Phi) is 9.92. The molecule has 1 fully saturated rings. The largest absolute Gasteiger partial charge is 0.434 e. The number of ether oxygens (including phenoxy) is 1. The number of aliphatic hydroxyl groups is 2. The van der Waals surface area contributed by atoms with E-state index in [4.69, 9.17) is 11.6 Å². The van der Waals surface area contributed by atoms with E-state index < -0.39 is 69.6 Å². The number of aliphatic hydroxyl groups excluding tert-OH is 1. The summed E-state index contributed by atoms with van der Waals surface area (Å²) in [4.78, 5) is 13.0. The first-order valence-corrected chi connectivity index (χ1v) is 15.3. The number of carbonyl (C=O) groups is 1. The Morgan fingerprint density at radius 2 is 1.95 bits per heavy atom. The predicted octanol–water partition coefficient (Wildman–Crippen LogP) is 4.37. The maximum atomic E-state index is 13.4. The molecule has 3 atom stereocenters. The van der Waals surface area contributed by atoms with Crippen molar-refractivity contribution in [3.63, 3.8) is 0 Å². The first-order chi connectivity index (χ1) is 19.2. The summed E-state index contributed by atoms with van der Waals surface area (Å²) in [6.07, 6.45) is -5.75. The molecule has 3 N–H and O–H groups in total. The van der Waals surface area contributed by atoms with Crippen LogP contribution in [0, 0.1) is 5.41 Å². The highest BCUT2D eigenvalue weighted by molar-refractivity contribution is 7.91. The molecule has 1 aliphatic rings. The number of rotatable bonds is 10. The Morgan fingerprint density at radius 1 is 1.31 bits per heavy atom. The zero-order valence-corrected chi connectivity index (χ0v) is 24.9. The lowest BCUT2D eigenvalue weighted by Gasteiger charge is -2.39. The Balaban J connectivity index is 1.91. The van der Waals surface area contributed by atoms with E-state index in [9.17, 15) is 45.4 Å². The maximum Gasteiger partial charge on any atom is 0.394 e. The van der Waals surface area contributed by atoms with Crippen molar-refractivity contribution in [3.8, 4) is 17.0 Å². The van der Waals surface area contributed by atoms with Crippen molar-refractivity contribution in [2.24, 2.45) is 5.41 Å². The van der Waals surface area contributed by atoms with Crippen LogP contribution in [0.25, 0.3) is 11.3 Å². The van der Waals surface area contributed by atoms with Crippen molar-refractivity contribution in [1.29, 1.82) is 0 Å². The van der Waals surface area contributed by atoms with Gasteiger partial charge in [-0.05, 0) is 50.3 Å². The monoisotopic (exact) mass is 645 g/mol. The molecule has 16 heteroatoms. The Bertz CT molecular complexity index is 1420. The van der Waals surface area contributed by atoms with Gasteiger partial charge in [-0.3, -0.25) is 9.48 Å². The number of carbonyl (C=O) groups excluding carboxylic acids is 1. The van der Waals surface area contributed by atoms with E-state index in [-0.39, 0.29) is 53.3 Å².